The van der Waals surface area contributed by atoms with E-state index in [9.17, 15) is 22.8 Å². The van der Waals surface area contributed by atoms with Crippen LogP contribution in [-0.2, 0) is 11.0 Å². The number of halogens is 3. The maximum Gasteiger partial charge on any atom is 0.416 e. The lowest BCUT2D eigenvalue weighted by molar-refractivity contribution is -0.137. The number of anilines is 1. The molecule has 116 valence electrons. The van der Waals surface area contributed by atoms with Crippen molar-refractivity contribution in [2.24, 2.45) is 0 Å². The monoisotopic (exact) mass is 329 g/mol. The minimum atomic E-state index is -4.47. The molecule has 1 heterocycles. The van der Waals surface area contributed by atoms with Gasteiger partial charge in [0.2, 0.25) is 5.91 Å². The number of aromatic amines is 1. The Morgan fingerprint density at radius 2 is 2.09 bits per heavy atom. The number of rotatable bonds is 4. The highest BCUT2D eigenvalue weighted by Gasteiger charge is 2.30. The molecule has 1 aromatic heterocycles. The number of hydrogen-bond acceptors (Lipinski definition) is 4. The molecule has 2 rings (SSSR count). The predicted octanol–water partition coefficient (Wildman–Crippen LogP) is 2.52. The maximum absolute atomic E-state index is 12.6. The Kier molecular flexibility index (Phi) is 4.86. The van der Waals surface area contributed by atoms with Crippen molar-refractivity contribution in [2.75, 3.05) is 11.1 Å². The summed E-state index contributed by atoms with van der Waals surface area (Å²) in [4.78, 5) is 29.0. The van der Waals surface area contributed by atoms with Crippen molar-refractivity contribution in [3.8, 4) is 0 Å². The molecule has 0 saturated carbocycles. The fraction of sp³-hybridized carbons (Fsp3) is 0.154. The second-order valence-electron chi connectivity index (χ2n) is 4.15. The highest BCUT2D eigenvalue weighted by molar-refractivity contribution is 7.99. The van der Waals surface area contributed by atoms with Gasteiger partial charge >= 0.3 is 6.18 Å². The molecule has 0 fully saturated rings. The van der Waals surface area contributed by atoms with E-state index in [4.69, 9.17) is 0 Å². The summed E-state index contributed by atoms with van der Waals surface area (Å²) in [7, 11) is 0. The van der Waals surface area contributed by atoms with Crippen LogP contribution < -0.4 is 10.9 Å². The minimum Gasteiger partial charge on any atom is -0.325 e. The number of carbonyl (C=O) groups is 1. The van der Waals surface area contributed by atoms with E-state index in [0.29, 0.717) is 0 Å². The lowest BCUT2D eigenvalue weighted by Crippen LogP contribution is -2.16. The van der Waals surface area contributed by atoms with E-state index >= 15 is 0 Å². The van der Waals surface area contributed by atoms with Gasteiger partial charge in [-0.1, -0.05) is 17.8 Å². The van der Waals surface area contributed by atoms with Gasteiger partial charge in [-0.3, -0.25) is 9.59 Å². The van der Waals surface area contributed by atoms with Crippen LogP contribution in [-0.4, -0.2) is 21.6 Å². The van der Waals surface area contributed by atoms with E-state index in [-0.39, 0.29) is 22.2 Å². The minimum absolute atomic E-state index is 0.0509. The highest BCUT2D eigenvalue weighted by Crippen LogP contribution is 2.30. The molecule has 0 aliphatic heterocycles. The predicted molar refractivity (Wildman–Crippen MR) is 75.7 cm³/mol. The fourth-order valence-corrected chi connectivity index (χ4v) is 2.18. The molecule has 0 spiro atoms. The molecule has 0 unspecified atom stereocenters. The third-order valence-electron chi connectivity index (χ3n) is 2.46. The van der Waals surface area contributed by atoms with E-state index in [2.05, 4.69) is 15.3 Å². The van der Waals surface area contributed by atoms with Gasteiger partial charge in [-0.05, 0) is 18.2 Å². The van der Waals surface area contributed by atoms with Gasteiger partial charge in [0.05, 0.1) is 11.3 Å². The number of nitrogens with zero attached hydrogens (tertiary/aromatic N) is 1. The molecule has 0 aliphatic carbocycles. The van der Waals surface area contributed by atoms with E-state index in [1.54, 1.807) is 0 Å². The zero-order chi connectivity index (χ0) is 16.2. The van der Waals surface area contributed by atoms with Gasteiger partial charge in [0.15, 0.2) is 5.16 Å². The smallest absolute Gasteiger partial charge is 0.325 e. The zero-order valence-electron chi connectivity index (χ0n) is 11.0. The van der Waals surface area contributed by atoms with Crippen LogP contribution in [0.4, 0.5) is 18.9 Å². The van der Waals surface area contributed by atoms with Crippen LogP contribution in [0.5, 0.6) is 0 Å². The summed E-state index contributed by atoms with van der Waals surface area (Å²) < 4.78 is 37.7. The van der Waals surface area contributed by atoms with Crippen LogP contribution in [0.3, 0.4) is 0 Å². The SMILES string of the molecule is O=C(CSc1nccc(=O)[nH]1)Nc1cccc(C(F)(F)F)c1. The lowest BCUT2D eigenvalue weighted by Gasteiger charge is -2.09. The molecule has 5 nitrogen and oxygen atoms in total. The summed E-state index contributed by atoms with van der Waals surface area (Å²) in [6.07, 6.45) is -3.17. The van der Waals surface area contributed by atoms with Crippen molar-refractivity contribution in [3.63, 3.8) is 0 Å². The number of amides is 1. The molecule has 2 aromatic rings. The summed E-state index contributed by atoms with van der Waals surface area (Å²) >= 11 is 0.971. The number of hydrogen-bond donors (Lipinski definition) is 2. The molecule has 0 aliphatic rings. The number of H-pyrrole nitrogens is 1. The van der Waals surface area contributed by atoms with Crippen molar-refractivity contribution < 1.29 is 18.0 Å². The van der Waals surface area contributed by atoms with Crippen molar-refractivity contribution in [3.05, 3.63) is 52.4 Å². The van der Waals surface area contributed by atoms with Gasteiger partial charge in [-0.15, -0.1) is 0 Å². The van der Waals surface area contributed by atoms with E-state index in [0.717, 1.165) is 23.9 Å². The average molecular weight is 329 g/mol. The number of carbonyl (C=O) groups excluding carboxylic acids is 1. The molecule has 0 bridgehead atoms. The Hall–Kier alpha value is -2.29. The largest absolute Gasteiger partial charge is 0.416 e. The summed E-state index contributed by atoms with van der Waals surface area (Å²) in [5, 5.41) is 2.62. The summed E-state index contributed by atoms with van der Waals surface area (Å²) in [6, 6.07) is 5.57. The Bertz CT molecular complexity index is 731. The lowest BCUT2D eigenvalue weighted by atomic mass is 10.2. The Labute approximate surface area is 127 Å². The fourth-order valence-electron chi connectivity index (χ4n) is 1.53. The van der Waals surface area contributed by atoms with Crippen molar-refractivity contribution in [1.82, 2.24) is 9.97 Å². The average Bonchev–Trinajstić information content (AvgIpc) is 2.45. The molecular formula is C13H10F3N3O2S. The third-order valence-corrected chi connectivity index (χ3v) is 3.35. The molecule has 0 saturated heterocycles. The summed E-state index contributed by atoms with van der Waals surface area (Å²) in [6.45, 7) is 0. The number of aromatic nitrogens is 2. The molecule has 1 aromatic carbocycles. The van der Waals surface area contributed by atoms with Crippen molar-refractivity contribution >= 4 is 23.4 Å². The molecular weight excluding hydrogens is 319 g/mol. The maximum atomic E-state index is 12.6. The Morgan fingerprint density at radius 3 is 2.77 bits per heavy atom. The Balaban J connectivity index is 1.96. The second-order valence-corrected chi connectivity index (χ2v) is 5.12. The summed E-state index contributed by atoms with van der Waals surface area (Å²) in [5.41, 5.74) is -1.14. The first-order valence-electron chi connectivity index (χ1n) is 6.00. The third kappa shape index (κ3) is 4.62. The molecule has 0 radical (unpaired) electrons. The topological polar surface area (TPSA) is 74.8 Å². The van der Waals surface area contributed by atoms with E-state index in [1.165, 1.54) is 24.4 Å². The van der Waals surface area contributed by atoms with E-state index in [1.807, 2.05) is 0 Å². The van der Waals surface area contributed by atoms with Crippen LogP contribution >= 0.6 is 11.8 Å². The van der Waals surface area contributed by atoms with Gasteiger partial charge < -0.3 is 10.3 Å². The number of benzene rings is 1. The Morgan fingerprint density at radius 1 is 1.32 bits per heavy atom. The van der Waals surface area contributed by atoms with Gasteiger partial charge in [0.1, 0.15) is 0 Å². The van der Waals surface area contributed by atoms with Crippen LogP contribution in [0, 0.1) is 0 Å². The first-order chi connectivity index (χ1) is 10.3. The van der Waals surface area contributed by atoms with Gasteiger partial charge in [0, 0.05) is 18.0 Å². The highest BCUT2D eigenvalue weighted by atomic mass is 32.2. The van der Waals surface area contributed by atoms with Gasteiger partial charge in [-0.2, -0.15) is 13.2 Å². The van der Waals surface area contributed by atoms with Crippen LogP contribution in [0.1, 0.15) is 5.56 Å². The van der Waals surface area contributed by atoms with Crippen molar-refractivity contribution in [1.29, 1.82) is 0 Å². The number of nitrogens with one attached hydrogen (secondary N) is 2. The molecule has 1 amide bonds. The first kappa shape index (κ1) is 16.1. The van der Waals surface area contributed by atoms with Crippen LogP contribution in [0.15, 0.2) is 46.5 Å². The molecule has 0 atom stereocenters. The van der Waals surface area contributed by atoms with Gasteiger partial charge in [0.25, 0.3) is 5.56 Å². The number of alkyl halides is 3. The van der Waals surface area contributed by atoms with Crippen molar-refractivity contribution in [2.45, 2.75) is 11.3 Å². The summed E-state index contributed by atoms with van der Waals surface area (Å²) in [5.74, 6) is -0.598. The molecule has 2 N–H and O–H groups in total. The zero-order valence-corrected chi connectivity index (χ0v) is 11.8. The standard InChI is InChI=1S/C13H10F3N3O2S/c14-13(15,16)8-2-1-3-9(6-8)18-11(21)7-22-12-17-5-4-10(20)19-12/h1-6H,7H2,(H,18,21)(H,17,19,20). The van der Waals surface area contributed by atoms with Crippen LogP contribution in [0.25, 0.3) is 0 Å². The molecule has 22 heavy (non-hydrogen) atoms. The van der Waals surface area contributed by atoms with Crippen LogP contribution in [0.2, 0.25) is 0 Å². The molecule has 9 heteroatoms. The van der Waals surface area contributed by atoms with Gasteiger partial charge in [-0.25, -0.2) is 4.98 Å². The normalized spacial score (nSPS) is 11.2. The quantitative estimate of drug-likeness (QED) is 0.668. The first-order valence-corrected chi connectivity index (χ1v) is 6.98. The number of thioether (sulfide) groups is 1. The second kappa shape index (κ2) is 6.65. The van der Waals surface area contributed by atoms with E-state index < -0.39 is 17.6 Å².